The molecule has 0 spiro atoms. The summed E-state index contributed by atoms with van der Waals surface area (Å²) in [6.45, 7) is -0.428. The molecule has 0 saturated carbocycles. The van der Waals surface area contributed by atoms with Gasteiger partial charge in [0.25, 0.3) is 0 Å². The third-order valence-corrected chi connectivity index (χ3v) is 4.39. The van der Waals surface area contributed by atoms with E-state index in [1.54, 1.807) is 0 Å². The van der Waals surface area contributed by atoms with Crippen LogP contribution in [0.2, 0.25) is 0 Å². The predicted octanol–water partition coefficient (Wildman–Crippen LogP) is -4.37. The maximum absolute atomic E-state index is 11.7. The summed E-state index contributed by atoms with van der Waals surface area (Å²) in [5.74, 6) is -0.576. The first-order valence-electron chi connectivity index (χ1n) is 6.43. The van der Waals surface area contributed by atoms with Gasteiger partial charge in [0.05, 0.1) is 12.3 Å². The van der Waals surface area contributed by atoms with Gasteiger partial charge in [-0.15, -0.1) is 0 Å². The predicted molar refractivity (Wildman–Crippen MR) is 76.2 cm³/mol. The van der Waals surface area contributed by atoms with Gasteiger partial charge < -0.3 is 36.3 Å². The number of hydrogen-bond acceptors (Lipinski definition) is 8. The number of nitrogens with two attached hydrogens (primary N) is 2. The minimum absolute atomic E-state index is 0.117. The number of guanidine groups is 1. The SMILES string of the molecule is CO[C@H]1O[C@H](CNS(=O)(=O)CCN=C(N)N)[C@@H](O)[C@H](O)[C@H]1O. The summed E-state index contributed by atoms with van der Waals surface area (Å²) < 4.78 is 35.6. The summed E-state index contributed by atoms with van der Waals surface area (Å²) in [5.41, 5.74) is 10.2. The molecular weight excluding hydrogens is 320 g/mol. The van der Waals surface area contributed by atoms with E-state index in [4.69, 9.17) is 20.9 Å². The molecule has 0 aromatic rings. The van der Waals surface area contributed by atoms with Crippen LogP contribution >= 0.6 is 0 Å². The Bertz CT molecular complexity index is 480. The maximum atomic E-state index is 11.7. The number of hydrogen-bond donors (Lipinski definition) is 6. The highest BCUT2D eigenvalue weighted by Crippen LogP contribution is 2.21. The fourth-order valence-corrected chi connectivity index (χ4v) is 2.75. The highest BCUT2D eigenvalue weighted by atomic mass is 32.2. The molecule has 1 rings (SSSR count). The number of sulfonamides is 1. The Balaban J connectivity index is 2.57. The Kier molecular flexibility index (Phi) is 6.93. The van der Waals surface area contributed by atoms with Gasteiger partial charge in [0.15, 0.2) is 12.2 Å². The largest absolute Gasteiger partial charge is 0.388 e. The lowest BCUT2D eigenvalue weighted by atomic mass is 9.99. The molecule has 1 aliphatic heterocycles. The van der Waals surface area contributed by atoms with E-state index in [1.165, 1.54) is 7.11 Å². The second-order valence-electron chi connectivity index (χ2n) is 4.72. The van der Waals surface area contributed by atoms with E-state index in [0.717, 1.165) is 0 Å². The molecule has 0 aromatic heterocycles. The number of aliphatic hydroxyl groups excluding tert-OH is 3. The van der Waals surface area contributed by atoms with Crippen molar-refractivity contribution in [3.05, 3.63) is 0 Å². The van der Waals surface area contributed by atoms with Gasteiger partial charge in [-0.05, 0) is 0 Å². The van der Waals surface area contributed by atoms with Crippen LogP contribution < -0.4 is 16.2 Å². The molecule has 0 unspecified atom stereocenters. The minimum atomic E-state index is -3.70. The molecule has 1 aliphatic rings. The molecule has 1 saturated heterocycles. The van der Waals surface area contributed by atoms with Crippen molar-refractivity contribution in [3.8, 4) is 0 Å². The average molecular weight is 342 g/mol. The third kappa shape index (κ3) is 5.31. The molecule has 1 fully saturated rings. The summed E-state index contributed by atoms with van der Waals surface area (Å²) in [6.07, 6.45) is -6.68. The molecule has 12 heteroatoms. The normalized spacial score (nSPS) is 32.6. The highest BCUT2D eigenvalue weighted by molar-refractivity contribution is 7.89. The second-order valence-corrected chi connectivity index (χ2v) is 6.65. The lowest BCUT2D eigenvalue weighted by Gasteiger charge is -2.39. The molecule has 0 aromatic carbocycles. The molecule has 22 heavy (non-hydrogen) atoms. The number of rotatable bonds is 7. The van der Waals surface area contributed by atoms with Crippen LogP contribution in [0.25, 0.3) is 0 Å². The van der Waals surface area contributed by atoms with E-state index in [0.29, 0.717) is 0 Å². The van der Waals surface area contributed by atoms with Gasteiger partial charge in [-0.2, -0.15) is 0 Å². The Labute approximate surface area is 128 Å². The van der Waals surface area contributed by atoms with Crippen LogP contribution in [0.4, 0.5) is 0 Å². The van der Waals surface area contributed by atoms with Crippen LogP contribution in [-0.4, -0.2) is 86.4 Å². The number of nitrogens with one attached hydrogen (secondary N) is 1. The molecule has 0 amide bonds. The summed E-state index contributed by atoms with van der Waals surface area (Å²) in [6, 6.07) is 0. The standard InChI is InChI=1S/C10H22N4O7S/c1-20-9-8(17)7(16)6(15)5(21-9)4-14-22(18,19)3-2-13-10(11)12/h5-9,14-17H,2-4H2,1H3,(H4,11,12,13)/t5-,6-,7+,8-,9+/m1/s1. The Morgan fingerprint density at radius 3 is 2.45 bits per heavy atom. The Morgan fingerprint density at radius 1 is 1.27 bits per heavy atom. The summed E-state index contributed by atoms with van der Waals surface area (Å²) in [5, 5.41) is 29.0. The van der Waals surface area contributed by atoms with Crippen LogP contribution in [-0.2, 0) is 19.5 Å². The van der Waals surface area contributed by atoms with Gasteiger partial charge in [0.2, 0.25) is 10.0 Å². The van der Waals surface area contributed by atoms with Crippen LogP contribution in [0.15, 0.2) is 4.99 Å². The first-order valence-corrected chi connectivity index (χ1v) is 8.08. The van der Waals surface area contributed by atoms with Crippen LogP contribution in [0.5, 0.6) is 0 Å². The van der Waals surface area contributed by atoms with E-state index in [1.807, 2.05) is 0 Å². The number of aliphatic hydroxyl groups is 3. The fraction of sp³-hybridized carbons (Fsp3) is 0.900. The zero-order valence-electron chi connectivity index (χ0n) is 12.0. The van der Waals surface area contributed by atoms with Crippen molar-refractivity contribution in [2.75, 3.05) is 26.0 Å². The molecule has 5 atom stereocenters. The van der Waals surface area contributed by atoms with Gasteiger partial charge in [0.1, 0.15) is 24.4 Å². The van der Waals surface area contributed by atoms with Gasteiger partial charge in [-0.3, -0.25) is 4.99 Å². The first-order chi connectivity index (χ1) is 10.2. The lowest BCUT2D eigenvalue weighted by Crippen LogP contribution is -2.60. The molecule has 8 N–H and O–H groups in total. The molecular formula is C10H22N4O7S. The number of methoxy groups -OCH3 is 1. The molecule has 0 bridgehead atoms. The van der Waals surface area contributed by atoms with Gasteiger partial charge in [-0.25, -0.2) is 13.1 Å². The van der Waals surface area contributed by atoms with Crippen molar-refractivity contribution in [2.24, 2.45) is 16.5 Å². The topological polar surface area (TPSA) is 190 Å². The zero-order chi connectivity index (χ0) is 16.9. The monoisotopic (exact) mass is 342 g/mol. The molecule has 130 valence electrons. The Morgan fingerprint density at radius 2 is 1.91 bits per heavy atom. The van der Waals surface area contributed by atoms with E-state index in [-0.39, 0.29) is 24.8 Å². The highest BCUT2D eigenvalue weighted by Gasteiger charge is 2.44. The molecule has 11 nitrogen and oxygen atoms in total. The van der Waals surface area contributed by atoms with Crippen molar-refractivity contribution < 1.29 is 33.2 Å². The number of ether oxygens (including phenoxy) is 2. The van der Waals surface area contributed by atoms with Crippen molar-refractivity contribution in [1.29, 1.82) is 0 Å². The first kappa shape index (κ1) is 19.0. The van der Waals surface area contributed by atoms with Crippen LogP contribution in [0.3, 0.4) is 0 Å². The quantitative estimate of drug-likeness (QED) is 0.196. The van der Waals surface area contributed by atoms with E-state index >= 15 is 0 Å². The smallest absolute Gasteiger partial charge is 0.213 e. The average Bonchev–Trinajstić information content (AvgIpc) is 2.43. The fourth-order valence-electron chi connectivity index (χ4n) is 1.86. The van der Waals surface area contributed by atoms with Gasteiger partial charge >= 0.3 is 0 Å². The van der Waals surface area contributed by atoms with Crippen LogP contribution in [0, 0.1) is 0 Å². The van der Waals surface area contributed by atoms with Crippen molar-refractivity contribution in [1.82, 2.24) is 4.72 Å². The summed E-state index contributed by atoms with van der Waals surface area (Å²) in [4.78, 5) is 3.55. The minimum Gasteiger partial charge on any atom is -0.388 e. The maximum Gasteiger partial charge on any atom is 0.213 e. The molecule has 0 radical (unpaired) electrons. The summed E-state index contributed by atoms with van der Waals surface area (Å²) in [7, 11) is -2.45. The van der Waals surface area contributed by atoms with E-state index < -0.39 is 40.7 Å². The third-order valence-electron chi connectivity index (χ3n) is 3.06. The lowest BCUT2D eigenvalue weighted by molar-refractivity contribution is -0.287. The van der Waals surface area contributed by atoms with Crippen molar-refractivity contribution in [2.45, 2.75) is 30.7 Å². The van der Waals surface area contributed by atoms with Crippen molar-refractivity contribution >= 4 is 16.0 Å². The van der Waals surface area contributed by atoms with Gasteiger partial charge in [0, 0.05) is 13.7 Å². The molecule has 1 heterocycles. The zero-order valence-corrected chi connectivity index (χ0v) is 12.8. The van der Waals surface area contributed by atoms with Crippen LogP contribution in [0.1, 0.15) is 0 Å². The van der Waals surface area contributed by atoms with Crippen molar-refractivity contribution in [3.63, 3.8) is 0 Å². The van der Waals surface area contributed by atoms with E-state index in [2.05, 4.69) is 9.71 Å². The molecule has 0 aliphatic carbocycles. The summed E-state index contributed by atoms with van der Waals surface area (Å²) >= 11 is 0. The Hall–Kier alpha value is -1.02. The second kappa shape index (κ2) is 8.01. The number of aliphatic imine (C=N–C) groups is 1. The number of nitrogens with zero attached hydrogens (tertiary/aromatic N) is 1. The van der Waals surface area contributed by atoms with Gasteiger partial charge in [-0.1, -0.05) is 0 Å². The van der Waals surface area contributed by atoms with E-state index in [9.17, 15) is 23.7 Å².